The molecule has 27 nitrogen and oxygen atoms in total. The molecule has 4 aromatic carbocycles. The number of carbonyl (C=O) groups is 8. The lowest BCUT2D eigenvalue weighted by atomic mass is 10.1. The molecule has 0 aliphatic heterocycles. The molecule has 0 bridgehead atoms. The molecule has 0 heterocycles. The van der Waals surface area contributed by atoms with Crippen LogP contribution in [0.5, 0.6) is 23.0 Å². The van der Waals surface area contributed by atoms with Crippen LogP contribution in [0.25, 0.3) is 0 Å². The number of primary amides is 1. The Hall–Kier alpha value is -9.05. The number of hydrogen-bond donors (Lipinski definition) is 15. The van der Waals surface area contributed by atoms with Crippen molar-refractivity contribution in [3.8, 4) is 23.0 Å². The van der Waals surface area contributed by atoms with Gasteiger partial charge in [0.15, 0.2) is 5.96 Å². The fourth-order valence-corrected chi connectivity index (χ4v) is 8.73. The van der Waals surface area contributed by atoms with Crippen LogP contribution >= 0.6 is 0 Å². The summed E-state index contributed by atoms with van der Waals surface area (Å²) in [6, 6.07) is 13.0. The first-order valence-corrected chi connectivity index (χ1v) is 27.4. The van der Waals surface area contributed by atoms with E-state index < -0.39 is 77.4 Å². The van der Waals surface area contributed by atoms with E-state index in [1.165, 1.54) is 101 Å². The number of rotatable bonds is 36. The fourth-order valence-electron chi connectivity index (χ4n) is 8.73. The topological polar surface area (TPSA) is 450 Å². The van der Waals surface area contributed by atoms with Crippen LogP contribution in [-0.4, -0.2) is 132 Å². The molecule has 0 fully saturated rings. The first-order valence-electron chi connectivity index (χ1n) is 27.4. The molecule has 21 N–H and O–H groups in total. The summed E-state index contributed by atoms with van der Waals surface area (Å²) in [5, 5.41) is 29.6. The van der Waals surface area contributed by atoms with Gasteiger partial charge in [-0.3, -0.25) is 43.8 Å². The van der Waals surface area contributed by atoms with Crippen molar-refractivity contribution in [2.24, 2.45) is 34.4 Å². The second-order valence-electron chi connectivity index (χ2n) is 19.3. The van der Waals surface area contributed by atoms with E-state index in [-0.39, 0.29) is 87.3 Å². The summed E-state index contributed by atoms with van der Waals surface area (Å²) in [6.07, 6.45) is 4.94. The molecular formula is C57H81N15O12. The van der Waals surface area contributed by atoms with Crippen LogP contribution in [-0.2, 0) is 19.2 Å². The summed E-state index contributed by atoms with van der Waals surface area (Å²) in [6.45, 7) is 1.38. The minimum Gasteiger partial charge on any atom is -0.496 e. The Morgan fingerprint density at radius 3 is 0.845 bits per heavy atom. The first kappa shape index (κ1) is 67.5. The molecule has 0 radical (unpaired) electrons. The maximum Gasteiger partial charge on any atom is 0.255 e. The molecular weight excluding hydrogens is 1090 g/mol. The summed E-state index contributed by atoms with van der Waals surface area (Å²) in [5.41, 5.74) is 34.7. The first-order chi connectivity index (χ1) is 40.3. The molecule has 0 aliphatic rings. The van der Waals surface area contributed by atoms with Crippen LogP contribution in [0.3, 0.4) is 0 Å². The molecule has 4 unspecified atom stereocenters. The predicted molar refractivity (Wildman–Crippen MR) is 319 cm³/mol. The number of methoxy groups -OCH3 is 4. The van der Waals surface area contributed by atoms with Crippen LogP contribution in [0, 0.1) is 5.41 Å². The van der Waals surface area contributed by atoms with Gasteiger partial charge < -0.3 is 95.9 Å². The number of anilines is 4. The van der Waals surface area contributed by atoms with Gasteiger partial charge in [-0.25, -0.2) is 0 Å². The lowest BCUT2D eigenvalue weighted by Crippen LogP contribution is -2.46. The molecule has 84 heavy (non-hydrogen) atoms. The predicted octanol–water partition coefficient (Wildman–Crippen LogP) is 2.34. The number of carbonyl (C=O) groups excluding carboxylic acids is 8. The van der Waals surface area contributed by atoms with E-state index >= 15 is 0 Å². The standard InChI is InChI=1S/C57H81N15O12/c1-81-45-21-17-33(29-37(45)49(62)73)65-53(77)41(13-5-9-25-58)69-50(74)38-30-34(18-22-46(38)82-2)66-54(78)42(14-6-10-26-59)70-51(75)39-31-35(19-23-47(39)83-3)67-55(79)43(15-7-11-27-60)71-52(76)40-32-36(20-24-48(40)84-4)68-56(80)44(72-57(63)64)16-8-12-28-61/h17-24,29-32,41-44H,5-16,25-28,58-61H2,1-4H3,(H2,62,73)(H,65,77)(H,66,78)(H,67,79)(H,68,80)(H,69,74)(H,70,75)(H,71,76)(H4,63,64,72). The average Bonchev–Trinajstić information content (AvgIpc) is 3.56. The van der Waals surface area contributed by atoms with Gasteiger partial charge in [0.2, 0.25) is 23.6 Å². The van der Waals surface area contributed by atoms with Gasteiger partial charge in [0, 0.05) is 22.7 Å². The van der Waals surface area contributed by atoms with Crippen LogP contribution in [0.2, 0.25) is 0 Å². The van der Waals surface area contributed by atoms with E-state index in [2.05, 4.69) is 42.5 Å². The minimum absolute atomic E-state index is 0.00689. The smallest absolute Gasteiger partial charge is 0.255 e. The third kappa shape index (κ3) is 20.7. The van der Waals surface area contributed by atoms with Gasteiger partial charge >= 0.3 is 0 Å². The number of amides is 8. The second-order valence-corrected chi connectivity index (χ2v) is 19.3. The third-order valence-electron chi connectivity index (χ3n) is 13.2. The van der Waals surface area contributed by atoms with Gasteiger partial charge in [-0.05, 0) is 176 Å². The highest BCUT2D eigenvalue weighted by Crippen LogP contribution is 2.28. The van der Waals surface area contributed by atoms with Crippen LogP contribution in [0.1, 0.15) is 118 Å². The number of nitrogens with one attached hydrogen (secondary N) is 9. The van der Waals surface area contributed by atoms with Gasteiger partial charge in [-0.2, -0.15) is 0 Å². The summed E-state index contributed by atoms with van der Waals surface area (Å²) in [5.74, 6) is -5.24. The molecule has 0 saturated heterocycles. The van der Waals surface area contributed by atoms with Crippen LogP contribution < -0.4 is 95.9 Å². The third-order valence-corrected chi connectivity index (χ3v) is 13.2. The number of guanidine groups is 1. The highest BCUT2D eigenvalue weighted by atomic mass is 16.5. The van der Waals surface area contributed by atoms with Gasteiger partial charge in [0.25, 0.3) is 23.6 Å². The maximum atomic E-state index is 14.3. The molecule has 27 heteroatoms. The highest BCUT2D eigenvalue weighted by molar-refractivity contribution is 6.08. The Bertz CT molecular complexity index is 2930. The van der Waals surface area contributed by atoms with Crippen LogP contribution in [0.15, 0.2) is 72.8 Å². The normalized spacial score (nSPS) is 12.2. The van der Waals surface area contributed by atoms with Crippen LogP contribution in [0.4, 0.5) is 22.7 Å². The molecule has 4 atom stereocenters. The van der Waals surface area contributed by atoms with E-state index in [4.69, 9.17) is 58.8 Å². The van der Waals surface area contributed by atoms with Crippen molar-refractivity contribution in [2.45, 2.75) is 101 Å². The Morgan fingerprint density at radius 2 is 0.619 bits per heavy atom. The zero-order valence-electron chi connectivity index (χ0n) is 47.9. The van der Waals surface area contributed by atoms with E-state index in [1.807, 2.05) is 0 Å². The van der Waals surface area contributed by atoms with Crippen molar-refractivity contribution < 1.29 is 57.3 Å². The molecule has 8 amide bonds. The maximum absolute atomic E-state index is 14.3. The molecule has 0 spiro atoms. The number of hydrogen-bond acceptors (Lipinski definition) is 17. The number of benzene rings is 4. The van der Waals surface area contributed by atoms with E-state index in [0.29, 0.717) is 84.0 Å². The lowest BCUT2D eigenvalue weighted by Gasteiger charge is -2.22. The van der Waals surface area contributed by atoms with E-state index in [0.717, 1.165) is 0 Å². The summed E-state index contributed by atoms with van der Waals surface area (Å²) < 4.78 is 21.7. The van der Waals surface area contributed by atoms with Crippen molar-refractivity contribution >= 4 is 76.0 Å². The summed E-state index contributed by atoms with van der Waals surface area (Å²) in [4.78, 5) is 110. The minimum atomic E-state index is -1.18. The molecule has 456 valence electrons. The second kappa shape index (κ2) is 35.1. The Labute approximate surface area is 488 Å². The summed E-state index contributed by atoms with van der Waals surface area (Å²) in [7, 11) is 5.41. The van der Waals surface area contributed by atoms with Gasteiger partial charge in [-0.15, -0.1) is 0 Å². The Balaban J connectivity index is 1.56. The molecule has 0 aliphatic carbocycles. The van der Waals surface area contributed by atoms with Gasteiger partial charge in [0.1, 0.15) is 47.2 Å². The molecule has 0 saturated carbocycles. The Kier molecular flexibility index (Phi) is 28.2. The monoisotopic (exact) mass is 1170 g/mol. The van der Waals surface area contributed by atoms with Crippen molar-refractivity contribution in [3.05, 3.63) is 95.1 Å². The quantitative estimate of drug-likeness (QED) is 0.0176. The molecule has 4 rings (SSSR count). The number of ether oxygens (including phenoxy) is 4. The molecule has 4 aromatic rings. The summed E-state index contributed by atoms with van der Waals surface area (Å²) >= 11 is 0. The molecule has 0 aromatic heterocycles. The van der Waals surface area contributed by atoms with E-state index in [9.17, 15) is 38.4 Å². The van der Waals surface area contributed by atoms with Gasteiger partial charge in [0.05, 0.1) is 50.7 Å². The SMILES string of the molecule is COc1ccc(NC(=O)C(CCCCN)NC(=O)c2cc(NC(=O)C(CCCCN)NC(=O)c3cc(NC(=O)C(CCCCN)NC(=O)c4cc(NC(=O)C(CCCCN)NC(=N)N)ccc4OC)ccc3OC)ccc2OC)cc1C(N)=O. The van der Waals surface area contributed by atoms with Crippen molar-refractivity contribution in [1.82, 2.24) is 21.3 Å². The van der Waals surface area contributed by atoms with Crippen molar-refractivity contribution in [3.63, 3.8) is 0 Å². The van der Waals surface area contributed by atoms with Crippen molar-refractivity contribution in [2.75, 3.05) is 75.9 Å². The highest BCUT2D eigenvalue weighted by Gasteiger charge is 2.29. The number of nitrogens with two attached hydrogens (primary N) is 6. The number of unbranched alkanes of at least 4 members (excludes halogenated alkanes) is 4. The van der Waals surface area contributed by atoms with E-state index in [1.54, 1.807) is 0 Å². The average molecular weight is 1170 g/mol. The van der Waals surface area contributed by atoms with Crippen molar-refractivity contribution in [1.29, 1.82) is 5.41 Å². The Morgan fingerprint density at radius 1 is 0.381 bits per heavy atom. The fraction of sp³-hybridized carbons (Fsp3) is 0.421. The zero-order chi connectivity index (χ0) is 61.7. The van der Waals surface area contributed by atoms with Gasteiger partial charge in [-0.1, -0.05) is 0 Å². The zero-order valence-corrected chi connectivity index (χ0v) is 47.9. The lowest BCUT2D eigenvalue weighted by molar-refractivity contribution is -0.118. The largest absolute Gasteiger partial charge is 0.496 e.